The number of carbonyl (C=O) groups is 2. The van der Waals surface area contributed by atoms with Gasteiger partial charge in [-0.25, -0.2) is 0 Å². The van der Waals surface area contributed by atoms with Crippen LogP contribution in [0.1, 0.15) is 46.9 Å². The maximum atomic E-state index is 12.5. The topological polar surface area (TPSA) is 55.4 Å². The molecule has 3 rings (SSSR count). The third-order valence-electron chi connectivity index (χ3n) is 4.79. The molecule has 26 heavy (non-hydrogen) atoms. The standard InChI is InChI=1S/C22H25NO3/c1-2-21(24)18-10-8-17(9-11-18)19-6-3-7-20(13-19)22(25)23-14-16-5-4-12-26-15-16/h3,6-11,13,16H,2,4-5,12,14-15H2,1H3,(H,23,25)/t16-/m0/s1. The molecule has 1 N–H and O–H groups in total. The highest BCUT2D eigenvalue weighted by molar-refractivity contribution is 5.97. The number of rotatable bonds is 6. The van der Waals surface area contributed by atoms with Gasteiger partial charge in [-0.05, 0) is 42.0 Å². The number of hydrogen-bond acceptors (Lipinski definition) is 3. The fourth-order valence-corrected chi connectivity index (χ4v) is 3.20. The second-order valence-electron chi connectivity index (χ2n) is 6.73. The van der Waals surface area contributed by atoms with Crippen molar-refractivity contribution < 1.29 is 14.3 Å². The zero-order valence-corrected chi connectivity index (χ0v) is 15.2. The molecule has 2 aromatic carbocycles. The molecule has 0 radical (unpaired) electrons. The molecule has 1 aliphatic rings. The first-order chi connectivity index (χ1) is 12.7. The van der Waals surface area contributed by atoms with Gasteiger partial charge in [0.05, 0.1) is 6.61 Å². The van der Waals surface area contributed by atoms with Gasteiger partial charge in [-0.2, -0.15) is 0 Å². The van der Waals surface area contributed by atoms with Crippen molar-refractivity contribution >= 4 is 11.7 Å². The molecule has 0 saturated carbocycles. The Hall–Kier alpha value is -2.46. The summed E-state index contributed by atoms with van der Waals surface area (Å²) >= 11 is 0. The Morgan fingerprint density at radius 1 is 1.08 bits per heavy atom. The number of amides is 1. The lowest BCUT2D eigenvalue weighted by Crippen LogP contribution is -2.33. The van der Waals surface area contributed by atoms with Crippen molar-refractivity contribution in [2.24, 2.45) is 5.92 Å². The van der Waals surface area contributed by atoms with Crippen molar-refractivity contribution in [3.63, 3.8) is 0 Å². The SMILES string of the molecule is CCC(=O)c1ccc(-c2cccc(C(=O)NC[C@@H]3CCCOC3)c2)cc1. The van der Waals surface area contributed by atoms with Crippen LogP contribution >= 0.6 is 0 Å². The minimum absolute atomic E-state index is 0.0600. The maximum Gasteiger partial charge on any atom is 0.251 e. The van der Waals surface area contributed by atoms with E-state index < -0.39 is 0 Å². The lowest BCUT2D eigenvalue weighted by molar-refractivity contribution is 0.0536. The molecule has 2 aromatic rings. The van der Waals surface area contributed by atoms with Gasteiger partial charge in [0, 0.05) is 30.7 Å². The lowest BCUT2D eigenvalue weighted by atomic mass is 9.99. The molecule has 1 atom stereocenters. The number of nitrogens with one attached hydrogen (secondary N) is 1. The van der Waals surface area contributed by atoms with Gasteiger partial charge in [-0.3, -0.25) is 9.59 Å². The predicted molar refractivity (Wildman–Crippen MR) is 102 cm³/mol. The van der Waals surface area contributed by atoms with E-state index in [0.717, 1.165) is 42.7 Å². The molecular weight excluding hydrogens is 326 g/mol. The summed E-state index contributed by atoms with van der Waals surface area (Å²) in [5, 5.41) is 3.02. The largest absolute Gasteiger partial charge is 0.381 e. The smallest absolute Gasteiger partial charge is 0.251 e. The van der Waals surface area contributed by atoms with Gasteiger partial charge < -0.3 is 10.1 Å². The summed E-state index contributed by atoms with van der Waals surface area (Å²) in [5.74, 6) is 0.478. The summed E-state index contributed by atoms with van der Waals surface area (Å²) in [6, 6.07) is 15.1. The average molecular weight is 351 g/mol. The Bertz CT molecular complexity index is 761. The third-order valence-corrected chi connectivity index (χ3v) is 4.79. The van der Waals surface area contributed by atoms with Crippen LogP contribution in [0.2, 0.25) is 0 Å². The number of ether oxygens (including phenoxy) is 1. The molecule has 1 aliphatic heterocycles. The van der Waals surface area contributed by atoms with E-state index in [4.69, 9.17) is 4.74 Å². The van der Waals surface area contributed by atoms with Crippen LogP contribution in [0.25, 0.3) is 11.1 Å². The lowest BCUT2D eigenvalue weighted by Gasteiger charge is -2.22. The Morgan fingerprint density at radius 2 is 1.88 bits per heavy atom. The third kappa shape index (κ3) is 4.58. The minimum atomic E-state index is -0.0600. The molecule has 4 heteroatoms. The van der Waals surface area contributed by atoms with Gasteiger partial charge in [-0.1, -0.05) is 43.3 Å². The summed E-state index contributed by atoms with van der Waals surface area (Å²) in [6.45, 7) is 4.06. The van der Waals surface area contributed by atoms with Crippen LogP contribution in [0.15, 0.2) is 48.5 Å². The Balaban J connectivity index is 1.67. The van der Waals surface area contributed by atoms with E-state index in [1.165, 1.54) is 0 Å². The second-order valence-corrected chi connectivity index (χ2v) is 6.73. The number of Topliss-reactive ketones (excluding diaryl/α,β-unsaturated/α-hetero) is 1. The molecule has 1 heterocycles. The first-order valence-electron chi connectivity index (χ1n) is 9.27. The molecule has 1 saturated heterocycles. The van der Waals surface area contributed by atoms with Gasteiger partial charge in [0.15, 0.2) is 5.78 Å². The maximum absolute atomic E-state index is 12.5. The van der Waals surface area contributed by atoms with E-state index in [-0.39, 0.29) is 11.7 Å². The van der Waals surface area contributed by atoms with Crippen LogP contribution in [0.5, 0.6) is 0 Å². The van der Waals surface area contributed by atoms with Gasteiger partial charge in [0.25, 0.3) is 5.91 Å². The van der Waals surface area contributed by atoms with E-state index >= 15 is 0 Å². The summed E-state index contributed by atoms with van der Waals surface area (Å²) in [4.78, 5) is 24.2. The first kappa shape index (κ1) is 18.3. The van der Waals surface area contributed by atoms with E-state index in [9.17, 15) is 9.59 Å². The van der Waals surface area contributed by atoms with Gasteiger partial charge in [-0.15, -0.1) is 0 Å². The summed E-state index contributed by atoms with van der Waals surface area (Å²) in [5.41, 5.74) is 3.33. The predicted octanol–water partition coefficient (Wildman–Crippen LogP) is 4.10. The van der Waals surface area contributed by atoms with E-state index in [0.29, 0.717) is 24.4 Å². The van der Waals surface area contributed by atoms with Crippen molar-refractivity contribution in [1.29, 1.82) is 0 Å². The normalized spacial score (nSPS) is 16.9. The first-order valence-corrected chi connectivity index (χ1v) is 9.27. The number of benzene rings is 2. The van der Waals surface area contributed by atoms with E-state index in [1.807, 2.05) is 55.5 Å². The van der Waals surface area contributed by atoms with Crippen LogP contribution in [0.4, 0.5) is 0 Å². The zero-order chi connectivity index (χ0) is 18.4. The number of hydrogen-bond donors (Lipinski definition) is 1. The highest BCUT2D eigenvalue weighted by atomic mass is 16.5. The summed E-state index contributed by atoms with van der Waals surface area (Å²) < 4.78 is 5.46. The molecule has 0 unspecified atom stereocenters. The van der Waals surface area contributed by atoms with Crippen molar-refractivity contribution in [2.75, 3.05) is 19.8 Å². The molecule has 1 fully saturated rings. The molecular formula is C22H25NO3. The van der Waals surface area contributed by atoms with E-state index in [2.05, 4.69) is 5.32 Å². The van der Waals surface area contributed by atoms with Crippen molar-refractivity contribution in [1.82, 2.24) is 5.32 Å². The number of ketones is 1. The Kier molecular flexibility index (Phi) is 6.18. The minimum Gasteiger partial charge on any atom is -0.381 e. The van der Waals surface area contributed by atoms with Gasteiger partial charge in [0.1, 0.15) is 0 Å². The Morgan fingerprint density at radius 3 is 2.58 bits per heavy atom. The fourth-order valence-electron chi connectivity index (χ4n) is 3.20. The molecule has 1 amide bonds. The van der Waals surface area contributed by atoms with Crippen LogP contribution in [-0.4, -0.2) is 31.4 Å². The summed E-state index contributed by atoms with van der Waals surface area (Å²) in [6.07, 6.45) is 2.66. The quantitative estimate of drug-likeness (QED) is 0.797. The van der Waals surface area contributed by atoms with Crippen LogP contribution in [0.3, 0.4) is 0 Å². The zero-order valence-electron chi connectivity index (χ0n) is 15.2. The summed E-state index contributed by atoms with van der Waals surface area (Å²) in [7, 11) is 0. The molecule has 0 aliphatic carbocycles. The van der Waals surface area contributed by atoms with Crippen molar-refractivity contribution in [2.45, 2.75) is 26.2 Å². The highest BCUT2D eigenvalue weighted by Crippen LogP contribution is 2.22. The highest BCUT2D eigenvalue weighted by Gasteiger charge is 2.15. The van der Waals surface area contributed by atoms with E-state index in [1.54, 1.807) is 0 Å². The Labute approximate surface area is 154 Å². The van der Waals surface area contributed by atoms with Crippen LogP contribution < -0.4 is 5.32 Å². The van der Waals surface area contributed by atoms with Gasteiger partial charge in [0.2, 0.25) is 0 Å². The fraction of sp³-hybridized carbons (Fsp3) is 0.364. The monoisotopic (exact) mass is 351 g/mol. The van der Waals surface area contributed by atoms with Crippen molar-refractivity contribution in [3.8, 4) is 11.1 Å². The molecule has 0 spiro atoms. The average Bonchev–Trinajstić information content (AvgIpc) is 2.72. The van der Waals surface area contributed by atoms with Crippen LogP contribution in [-0.2, 0) is 4.74 Å². The molecule has 0 aromatic heterocycles. The second kappa shape index (κ2) is 8.77. The molecule has 4 nitrogen and oxygen atoms in total. The van der Waals surface area contributed by atoms with Crippen molar-refractivity contribution in [3.05, 3.63) is 59.7 Å². The van der Waals surface area contributed by atoms with Gasteiger partial charge >= 0.3 is 0 Å². The number of carbonyl (C=O) groups excluding carboxylic acids is 2. The van der Waals surface area contributed by atoms with Crippen LogP contribution in [0, 0.1) is 5.92 Å². The molecule has 136 valence electrons. The molecule has 0 bridgehead atoms.